The van der Waals surface area contributed by atoms with Crippen molar-refractivity contribution in [3.8, 4) is 5.75 Å². The van der Waals surface area contributed by atoms with Gasteiger partial charge in [0.05, 0.1) is 6.54 Å². The lowest BCUT2D eigenvalue weighted by molar-refractivity contribution is 0.0893. The van der Waals surface area contributed by atoms with Crippen LogP contribution in [0.15, 0.2) is 36.7 Å². The molecule has 96 valence electrons. The highest BCUT2D eigenvalue weighted by Crippen LogP contribution is 2.16. The minimum atomic E-state index is -0.564. The van der Waals surface area contributed by atoms with E-state index >= 15 is 0 Å². The second-order valence-electron chi connectivity index (χ2n) is 4.52. The summed E-state index contributed by atoms with van der Waals surface area (Å²) in [7, 11) is 0. The molecule has 0 amide bonds. The summed E-state index contributed by atoms with van der Waals surface area (Å²) >= 11 is 0. The monoisotopic (exact) mass is 246 g/mol. The highest BCUT2D eigenvalue weighted by atomic mass is 16.5. The molecule has 0 radical (unpaired) electrons. The molecule has 18 heavy (non-hydrogen) atoms. The molecule has 0 fully saturated rings. The maximum atomic E-state index is 9.84. The average Bonchev–Trinajstić information content (AvgIpc) is 2.78. The maximum Gasteiger partial charge on any atom is 0.119 e. The largest absolute Gasteiger partial charge is 0.491 e. The Morgan fingerprint density at radius 3 is 2.61 bits per heavy atom. The molecule has 1 heterocycles. The summed E-state index contributed by atoms with van der Waals surface area (Å²) in [5.41, 5.74) is 2.32. The molecule has 0 aliphatic rings. The van der Waals surface area contributed by atoms with Gasteiger partial charge < -0.3 is 9.84 Å². The van der Waals surface area contributed by atoms with Gasteiger partial charge in [0, 0.05) is 12.4 Å². The molecular formula is C14H18N2O2. The van der Waals surface area contributed by atoms with Crippen molar-refractivity contribution < 1.29 is 9.84 Å². The number of nitrogens with zero attached hydrogens (tertiary/aromatic N) is 2. The molecule has 0 aliphatic heterocycles. The Kier molecular flexibility index (Phi) is 3.99. The second-order valence-corrected chi connectivity index (χ2v) is 4.52. The lowest BCUT2D eigenvalue weighted by Gasteiger charge is -2.13. The van der Waals surface area contributed by atoms with Gasteiger partial charge in [-0.15, -0.1) is 0 Å². The van der Waals surface area contributed by atoms with Crippen molar-refractivity contribution in [1.29, 1.82) is 0 Å². The molecule has 0 bridgehead atoms. The average molecular weight is 246 g/mol. The Balaban J connectivity index is 1.87. The third kappa shape index (κ3) is 3.60. The SMILES string of the molecule is Cc1cc(C)cc(OCC(O)Cn2cccn2)c1. The Morgan fingerprint density at radius 1 is 1.28 bits per heavy atom. The van der Waals surface area contributed by atoms with Crippen molar-refractivity contribution >= 4 is 0 Å². The minimum absolute atomic E-state index is 0.267. The van der Waals surface area contributed by atoms with Gasteiger partial charge >= 0.3 is 0 Å². The van der Waals surface area contributed by atoms with Crippen LogP contribution in [0.1, 0.15) is 11.1 Å². The third-order valence-electron chi connectivity index (χ3n) is 2.59. The fourth-order valence-electron chi connectivity index (χ4n) is 1.89. The fourth-order valence-corrected chi connectivity index (χ4v) is 1.89. The van der Waals surface area contributed by atoms with Gasteiger partial charge in [0.1, 0.15) is 18.5 Å². The predicted octanol–water partition coefficient (Wildman–Crippen LogP) is 1.94. The zero-order chi connectivity index (χ0) is 13.0. The smallest absolute Gasteiger partial charge is 0.119 e. The van der Waals surface area contributed by atoms with Crippen molar-refractivity contribution in [2.24, 2.45) is 0 Å². The molecule has 1 atom stereocenters. The normalized spacial score (nSPS) is 12.4. The van der Waals surface area contributed by atoms with Gasteiger partial charge in [-0.05, 0) is 43.2 Å². The van der Waals surface area contributed by atoms with Crippen LogP contribution in [-0.4, -0.2) is 27.6 Å². The molecule has 4 heteroatoms. The van der Waals surface area contributed by atoms with Crippen molar-refractivity contribution in [3.63, 3.8) is 0 Å². The quantitative estimate of drug-likeness (QED) is 0.877. The molecule has 1 unspecified atom stereocenters. The Morgan fingerprint density at radius 2 is 2.00 bits per heavy atom. The molecule has 1 aromatic heterocycles. The number of benzene rings is 1. The zero-order valence-electron chi connectivity index (χ0n) is 10.7. The lowest BCUT2D eigenvalue weighted by Crippen LogP contribution is -2.23. The summed E-state index contributed by atoms with van der Waals surface area (Å²) < 4.78 is 7.28. The number of aryl methyl sites for hydroxylation is 2. The van der Waals surface area contributed by atoms with Crippen LogP contribution in [0.5, 0.6) is 5.75 Å². The minimum Gasteiger partial charge on any atom is -0.491 e. The summed E-state index contributed by atoms with van der Waals surface area (Å²) in [4.78, 5) is 0. The van der Waals surface area contributed by atoms with E-state index in [0.29, 0.717) is 6.54 Å². The molecule has 2 rings (SSSR count). The Labute approximate surface area is 107 Å². The third-order valence-corrected chi connectivity index (χ3v) is 2.59. The number of aromatic nitrogens is 2. The first-order valence-corrected chi connectivity index (χ1v) is 6.00. The first-order chi connectivity index (χ1) is 8.63. The molecule has 1 N–H and O–H groups in total. The van der Waals surface area contributed by atoms with Gasteiger partial charge in [-0.25, -0.2) is 0 Å². The number of aliphatic hydroxyl groups is 1. The van der Waals surface area contributed by atoms with Gasteiger partial charge in [-0.1, -0.05) is 6.07 Å². The van der Waals surface area contributed by atoms with Crippen LogP contribution in [0.4, 0.5) is 0 Å². The van der Waals surface area contributed by atoms with Crippen molar-refractivity contribution in [2.45, 2.75) is 26.5 Å². The highest BCUT2D eigenvalue weighted by molar-refractivity contribution is 5.32. The topological polar surface area (TPSA) is 47.3 Å². The van der Waals surface area contributed by atoms with Crippen LogP contribution in [0.3, 0.4) is 0 Å². The molecule has 0 saturated carbocycles. The summed E-state index contributed by atoms with van der Waals surface area (Å²) in [6, 6.07) is 7.85. The van der Waals surface area contributed by atoms with Crippen LogP contribution in [0.2, 0.25) is 0 Å². The van der Waals surface area contributed by atoms with Crippen LogP contribution in [0, 0.1) is 13.8 Å². The predicted molar refractivity (Wildman–Crippen MR) is 69.6 cm³/mol. The molecule has 1 aromatic carbocycles. The zero-order valence-corrected chi connectivity index (χ0v) is 10.7. The molecule has 0 aliphatic carbocycles. The number of aliphatic hydroxyl groups excluding tert-OH is 1. The van der Waals surface area contributed by atoms with E-state index in [2.05, 4.69) is 11.2 Å². The molecule has 0 spiro atoms. The Bertz CT molecular complexity index is 474. The second kappa shape index (κ2) is 5.69. The number of hydrogen-bond donors (Lipinski definition) is 1. The summed E-state index contributed by atoms with van der Waals surface area (Å²) in [5.74, 6) is 0.798. The fraction of sp³-hybridized carbons (Fsp3) is 0.357. The van der Waals surface area contributed by atoms with E-state index < -0.39 is 6.10 Å². The van der Waals surface area contributed by atoms with E-state index in [1.807, 2.05) is 38.2 Å². The van der Waals surface area contributed by atoms with Gasteiger partial charge in [-0.3, -0.25) is 4.68 Å². The summed E-state index contributed by atoms with van der Waals surface area (Å²) in [5, 5.41) is 13.9. The number of rotatable bonds is 5. The van der Waals surface area contributed by atoms with Crippen molar-refractivity contribution in [1.82, 2.24) is 9.78 Å². The van der Waals surface area contributed by atoms with Gasteiger partial charge in [0.15, 0.2) is 0 Å². The molecule has 2 aromatic rings. The van der Waals surface area contributed by atoms with Crippen molar-refractivity contribution in [2.75, 3.05) is 6.61 Å². The van der Waals surface area contributed by atoms with Crippen molar-refractivity contribution in [3.05, 3.63) is 47.8 Å². The highest BCUT2D eigenvalue weighted by Gasteiger charge is 2.07. The summed E-state index contributed by atoms with van der Waals surface area (Å²) in [6.45, 7) is 4.76. The lowest BCUT2D eigenvalue weighted by atomic mass is 10.1. The van der Waals surface area contributed by atoms with E-state index in [1.54, 1.807) is 10.9 Å². The Hall–Kier alpha value is -1.81. The van der Waals surface area contributed by atoms with Gasteiger partial charge in [-0.2, -0.15) is 5.10 Å². The van der Waals surface area contributed by atoms with Crippen LogP contribution >= 0.6 is 0 Å². The first-order valence-electron chi connectivity index (χ1n) is 6.00. The summed E-state index contributed by atoms with van der Waals surface area (Å²) in [6.07, 6.45) is 2.95. The van der Waals surface area contributed by atoms with Crippen LogP contribution in [-0.2, 0) is 6.54 Å². The van der Waals surface area contributed by atoms with E-state index in [-0.39, 0.29) is 6.61 Å². The maximum absolute atomic E-state index is 9.84. The van der Waals surface area contributed by atoms with E-state index in [1.165, 1.54) is 0 Å². The molecular weight excluding hydrogens is 228 g/mol. The van der Waals surface area contributed by atoms with Gasteiger partial charge in [0.25, 0.3) is 0 Å². The molecule has 4 nitrogen and oxygen atoms in total. The van der Waals surface area contributed by atoms with E-state index in [4.69, 9.17) is 4.74 Å². The molecule has 0 saturated heterocycles. The van der Waals surface area contributed by atoms with Gasteiger partial charge in [0.2, 0.25) is 0 Å². The van der Waals surface area contributed by atoms with Crippen LogP contribution < -0.4 is 4.74 Å². The van der Waals surface area contributed by atoms with E-state index in [0.717, 1.165) is 16.9 Å². The van der Waals surface area contributed by atoms with Crippen LogP contribution in [0.25, 0.3) is 0 Å². The number of hydrogen-bond acceptors (Lipinski definition) is 3. The standard InChI is InChI=1S/C14H18N2O2/c1-11-6-12(2)8-14(7-11)18-10-13(17)9-16-5-3-4-15-16/h3-8,13,17H,9-10H2,1-2H3. The first kappa shape index (κ1) is 12.6. The van der Waals surface area contributed by atoms with E-state index in [9.17, 15) is 5.11 Å². The number of ether oxygens (including phenoxy) is 1.